The van der Waals surface area contributed by atoms with Gasteiger partial charge in [-0.3, -0.25) is 4.90 Å². The lowest BCUT2D eigenvalue weighted by molar-refractivity contribution is 0.121. The minimum absolute atomic E-state index is 0.233. The average Bonchev–Trinajstić information content (AvgIpc) is 2.64. The molecule has 1 fully saturated rings. The number of hydrogen-bond donors (Lipinski definition) is 1. The molecule has 2 heterocycles. The van der Waals surface area contributed by atoms with Crippen LogP contribution in [0.15, 0.2) is 6.20 Å². The fraction of sp³-hybridized carbons (Fsp3) is 0.818. The number of nitrogens with zero attached hydrogens (tertiary/aromatic N) is 4. The number of nitrogens with two attached hydrogens (primary N) is 1. The first-order chi connectivity index (χ1) is 7.66. The molecule has 90 valence electrons. The van der Waals surface area contributed by atoms with Crippen molar-refractivity contribution in [1.29, 1.82) is 0 Å². The van der Waals surface area contributed by atoms with Gasteiger partial charge in [0.1, 0.15) is 0 Å². The smallest absolute Gasteiger partial charge is 0.0967 e. The van der Waals surface area contributed by atoms with Gasteiger partial charge in [-0.25, -0.2) is 0 Å². The molecular formula is C11H21N5. The first kappa shape index (κ1) is 11.5. The number of likely N-dealkylation sites (tertiary alicyclic amines) is 1. The van der Waals surface area contributed by atoms with Crippen LogP contribution in [-0.2, 0) is 13.6 Å². The minimum Gasteiger partial charge on any atom is -0.327 e. The fourth-order valence-electron chi connectivity index (χ4n) is 2.48. The molecular weight excluding hydrogens is 202 g/mol. The first-order valence-electron chi connectivity index (χ1n) is 6.01. The summed E-state index contributed by atoms with van der Waals surface area (Å²) in [6, 6.07) is 0.729. The van der Waals surface area contributed by atoms with Gasteiger partial charge in [0.25, 0.3) is 0 Å². The molecule has 1 saturated heterocycles. The van der Waals surface area contributed by atoms with Gasteiger partial charge in [0.2, 0.25) is 0 Å². The highest BCUT2D eigenvalue weighted by Gasteiger charge is 2.25. The van der Waals surface area contributed by atoms with Gasteiger partial charge in [-0.1, -0.05) is 6.42 Å². The first-order valence-corrected chi connectivity index (χ1v) is 6.01. The van der Waals surface area contributed by atoms with Crippen LogP contribution in [0, 0.1) is 0 Å². The summed E-state index contributed by atoms with van der Waals surface area (Å²) in [5, 5.41) is 8.42. The molecule has 2 atom stereocenters. The lowest BCUT2D eigenvalue weighted by Gasteiger charge is -2.37. The van der Waals surface area contributed by atoms with Crippen LogP contribution < -0.4 is 5.73 Å². The van der Waals surface area contributed by atoms with Crippen LogP contribution in [-0.4, -0.2) is 38.5 Å². The average molecular weight is 223 g/mol. The van der Waals surface area contributed by atoms with Crippen LogP contribution in [0.5, 0.6) is 0 Å². The topological polar surface area (TPSA) is 60.0 Å². The maximum absolute atomic E-state index is 6.03. The van der Waals surface area contributed by atoms with Crippen molar-refractivity contribution in [3.8, 4) is 0 Å². The second kappa shape index (κ2) is 4.93. The van der Waals surface area contributed by atoms with Crippen LogP contribution in [0.1, 0.15) is 31.9 Å². The molecule has 2 N–H and O–H groups in total. The van der Waals surface area contributed by atoms with Crippen molar-refractivity contribution in [1.82, 2.24) is 19.9 Å². The third-order valence-corrected chi connectivity index (χ3v) is 3.28. The van der Waals surface area contributed by atoms with E-state index in [0.29, 0.717) is 6.04 Å². The van der Waals surface area contributed by atoms with E-state index < -0.39 is 0 Å². The molecule has 0 bridgehead atoms. The summed E-state index contributed by atoms with van der Waals surface area (Å²) in [6.45, 7) is 4.10. The predicted molar refractivity (Wildman–Crippen MR) is 62.7 cm³/mol. The second-order valence-corrected chi connectivity index (χ2v) is 4.72. The largest absolute Gasteiger partial charge is 0.327 e. The molecule has 16 heavy (non-hydrogen) atoms. The molecule has 0 saturated carbocycles. The van der Waals surface area contributed by atoms with Crippen molar-refractivity contribution < 1.29 is 0 Å². The van der Waals surface area contributed by atoms with Gasteiger partial charge in [-0.2, -0.15) is 15.0 Å². The molecule has 0 aliphatic carbocycles. The number of piperidine rings is 1. The van der Waals surface area contributed by atoms with Crippen molar-refractivity contribution in [2.45, 2.75) is 44.8 Å². The van der Waals surface area contributed by atoms with E-state index in [4.69, 9.17) is 5.73 Å². The molecule has 0 spiro atoms. The number of aryl methyl sites for hydroxylation is 1. The summed E-state index contributed by atoms with van der Waals surface area (Å²) in [4.78, 5) is 4.05. The zero-order chi connectivity index (χ0) is 11.5. The maximum atomic E-state index is 6.03. The summed E-state index contributed by atoms with van der Waals surface area (Å²) in [7, 11) is 1.85. The van der Waals surface area contributed by atoms with Gasteiger partial charge in [0.05, 0.1) is 11.9 Å². The molecule has 1 aliphatic rings. The Morgan fingerprint density at radius 2 is 2.38 bits per heavy atom. The van der Waals surface area contributed by atoms with Crippen molar-refractivity contribution in [3.05, 3.63) is 11.9 Å². The predicted octanol–water partition coefficient (Wildman–Crippen LogP) is 0.517. The van der Waals surface area contributed by atoms with Crippen molar-refractivity contribution in [2.24, 2.45) is 12.8 Å². The Bertz CT molecular complexity index is 333. The lowest BCUT2D eigenvalue weighted by Crippen LogP contribution is -2.48. The quantitative estimate of drug-likeness (QED) is 0.811. The minimum atomic E-state index is 0.233. The van der Waals surface area contributed by atoms with Gasteiger partial charge in [0, 0.05) is 25.7 Å². The Hall–Kier alpha value is -0.940. The molecule has 0 radical (unpaired) electrons. The Kier molecular flexibility index (Phi) is 3.56. The van der Waals surface area contributed by atoms with E-state index in [0.717, 1.165) is 18.8 Å². The van der Waals surface area contributed by atoms with E-state index >= 15 is 0 Å². The van der Waals surface area contributed by atoms with Crippen LogP contribution >= 0.6 is 0 Å². The van der Waals surface area contributed by atoms with E-state index in [2.05, 4.69) is 22.0 Å². The van der Waals surface area contributed by atoms with Crippen LogP contribution in [0.25, 0.3) is 0 Å². The summed E-state index contributed by atoms with van der Waals surface area (Å²) in [5.41, 5.74) is 7.07. The molecule has 1 aliphatic heterocycles. The standard InChI is InChI=1S/C11H21N5/c1-9(12)11-5-3-4-6-16(11)8-10-7-13-15(2)14-10/h7,9,11H,3-6,8,12H2,1-2H3. The third-order valence-electron chi connectivity index (χ3n) is 3.28. The number of rotatable bonds is 3. The third kappa shape index (κ3) is 2.59. The summed E-state index contributed by atoms with van der Waals surface area (Å²) < 4.78 is 0. The lowest BCUT2D eigenvalue weighted by atomic mass is 9.97. The van der Waals surface area contributed by atoms with E-state index in [9.17, 15) is 0 Å². The van der Waals surface area contributed by atoms with Crippen molar-refractivity contribution in [2.75, 3.05) is 6.54 Å². The van der Waals surface area contributed by atoms with Crippen LogP contribution in [0.3, 0.4) is 0 Å². The molecule has 1 aromatic heterocycles. The zero-order valence-electron chi connectivity index (χ0n) is 10.1. The molecule has 2 unspecified atom stereocenters. The highest BCUT2D eigenvalue weighted by atomic mass is 15.5. The van der Waals surface area contributed by atoms with Gasteiger partial charge in [-0.15, -0.1) is 0 Å². The van der Waals surface area contributed by atoms with E-state index in [1.807, 2.05) is 13.2 Å². The van der Waals surface area contributed by atoms with E-state index in [1.54, 1.807) is 4.80 Å². The van der Waals surface area contributed by atoms with Crippen molar-refractivity contribution >= 4 is 0 Å². The molecule has 0 aromatic carbocycles. The van der Waals surface area contributed by atoms with Gasteiger partial charge >= 0.3 is 0 Å². The molecule has 0 amide bonds. The monoisotopic (exact) mass is 223 g/mol. The van der Waals surface area contributed by atoms with E-state index in [1.165, 1.54) is 19.3 Å². The Labute approximate surface area is 96.6 Å². The summed E-state index contributed by atoms with van der Waals surface area (Å²) in [6.07, 6.45) is 5.61. The summed E-state index contributed by atoms with van der Waals surface area (Å²) in [5.74, 6) is 0. The zero-order valence-corrected chi connectivity index (χ0v) is 10.1. The molecule has 5 nitrogen and oxygen atoms in total. The number of hydrogen-bond acceptors (Lipinski definition) is 4. The molecule has 2 rings (SSSR count). The molecule has 5 heteroatoms. The highest BCUT2D eigenvalue weighted by Crippen LogP contribution is 2.20. The second-order valence-electron chi connectivity index (χ2n) is 4.72. The Morgan fingerprint density at radius 3 is 3.00 bits per heavy atom. The summed E-state index contributed by atoms with van der Waals surface area (Å²) >= 11 is 0. The van der Waals surface area contributed by atoms with Crippen molar-refractivity contribution in [3.63, 3.8) is 0 Å². The highest BCUT2D eigenvalue weighted by molar-refractivity contribution is 4.94. The van der Waals surface area contributed by atoms with Crippen LogP contribution in [0.2, 0.25) is 0 Å². The van der Waals surface area contributed by atoms with Crippen LogP contribution in [0.4, 0.5) is 0 Å². The molecule has 1 aromatic rings. The Balaban J connectivity index is 2.01. The number of aromatic nitrogens is 3. The Morgan fingerprint density at radius 1 is 1.56 bits per heavy atom. The van der Waals surface area contributed by atoms with Gasteiger partial charge < -0.3 is 5.73 Å². The van der Waals surface area contributed by atoms with Gasteiger partial charge in [-0.05, 0) is 26.3 Å². The maximum Gasteiger partial charge on any atom is 0.0967 e. The van der Waals surface area contributed by atoms with E-state index in [-0.39, 0.29) is 6.04 Å². The van der Waals surface area contributed by atoms with Gasteiger partial charge in [0.15, 0.2) is 0 Å². The SMILES string of the molecule is CC(N)C1CCCCN1Cc1cnn(C)n1. The normalized spacial score (nSPS) is 24.6. The fourth-order valence-corrected chi connectivity index (χ4v) is 2.48.